The van der Waals surface area contributed by atoms with E-state index in [1.807, 2.05) is 23.1 Å². The van der Waals surface area contributed by atoms with E-state index in [2.05, 4.69) is 6.07 Å². The van der Waals surface area contributed by atoms with E-state index in [-0.39, 0.29) is 24.8 Å². The fourth-order valence-electron chi connectivity index (χ4n) is 3.28. The van der Waals surface area contributed by atoms with Gasteiger partial charge in [0.25, 0.3) is 0 Å². The molecule has 6 heteroatoms. The van der Waals surface area contributed by atoms with E-state index in [4.69, 9.17) is 23.2 Å². The predicted octanol–water partition coefficient (Wildman–Crippen LogP) is 4.72. The fourth-order valence-corrected chi connectivity index (χ4v) is 3.79. The van der Waals surface area contributed by atoms with E-state index >= 15 is 0 Å². The quantitative estimate of drug-likeness (QED) is 0.757. The van der Waals surface area contributed by atoms with Crippen molar-refractivity contribution in [3.05, 3.63) is 58.1 Å². The number of carbonyl (C=O) groups excluding carboxylic acids is 2. The average Bonchev–Trinajstić information content (AvgIpc) is 2.62. The highest BCUT2D eigenvalue weighted by molar-refractivity contribution is 6.36. The summed E-state index contributed by atoms with van der Waals surface area (Å²) in [5.41, 5.74) is 2.73. The lowest BCUT2D eigenvalue weighted by molar-refractivity contribution is -0.118. The smallest absolute Gasteiger partial charge is 0.228 e. The summed E-state index contributed by atoms with van der Waals surface area (Å²) < 4.78 is 0. The van der Waals surface area contributed by atoms with E-state index in [1.165, 1.54) is 17.4 Å². The Morgan fingerprint density at radius 1 is 1.15 bits per heavy atom. The van der Waals surface area contributed by atoms with Crippen LogP contribution in [0.25, 0.3) is 0 Å². The molecular weight excluding hydrogens is 371 g/mol. The van der Waals surface area contributed by atoms with Crippen molar-refractivity contribution >= 4 is 46.4 Å². The SMILES string of the molecule is CC(=O)N(CCC(=O)N1CCCc2ccccc21)c1ccc(Cl)cc1Cl. The second kappa shape index (κ2) is 8.11. The van der Waals surface area contributed by atoms with Crippen LogP contribution in [0.1, 0.15) is 25.3 Å². The van der Waals surface area contributed by atoms with Gasteiger partial charge in [0.15, 0.2) is 0 Å². The first kappa shape index (κ1) is 18.7. The molecule has 0 spiro atoms. The standard InChI is InChI=1S/C20H20Cl2N2O2/c1-14(25)23(19-9-8-16(21)13-17(19)22)12-10-20(26)24-11-4-6-15-5-2-3-7-18(15)24/h2-3,5,7-9,13H,4,6,10-12H2,1H3. The number of rotatable bonds is 4. The number of hydrogen-bond donors (Lipinski definition) is 0. The Hall–Kier alpha value is -2.04. The van der Waals surface area contributed by atoms with Crippen molar-refractivity contribution in [2.24, 2.45) is 0 Å². The lowest BCUT2D eigenvalue weighted by atomic mass is 10.0. The number of aryl methyl sites for hydroxylation is 1. The summed E-state index contributed by atoms with van der Waals surface area (Å²) in [6.07, 6.45) is 2.16. The Bertz CT molecular complexity index is 838. The fraction of sp³-hybridized carbons (Fsp3) is 0.300. The van der Waals surface area contributed by atoms with Crippen molar-refractivity contribution in [2.75, 3.05) is 22.9 Å². The first-order valence-electron chi connectivity index (χ1n) is 8.59. The van der Waals surface area contributed by atoms with Crippen LogP contribution in [-0.4, -0.2) is 24.9 Å². The Labute approximate surface area is 163 Å². The summed E-state index contributed by atoms with van der Waals surface area (Å²) in [6, 6.07) is 13.0. The lowest BCUT2D eigenvalue weighted by Crippen LogP contribution is -2.39. The topological polar surface area (TPSA) is 40.6 Å². The molecule has 2 amide bonds. The molecule has 1 aliphatic heterocycles. The van der Waals surface area contributed by atoms with Gasteiger partial charge in [-0.25, -0.2) is 0 Å². The molecule has 3 rings (SSSR count). The van der Waals surface area contributed by atoms with Crippen molar-refractivity contribution in [3.8, 4) is 0 Å². The Balaban J connectivity index is 1.74. The highest BCUT2D eigenvalue weighted by Crippen LogP contribution is 2.30. The van der Waals surface area contributed by atoms with Crippen molar-refractivity contribution in [3.63, 3.8) is 0 Å². The summed E-state index contributed by atoms with van der Waals surface area (Å²) in [5.74, 6) is -0.158. The molecule has 0 atom stereocenters. The normalized spacial score (nSPS) is 13.3. The molecule has 0 radical (unpaired) electrons. The number of hydrogen-bond acceptors (Lipinski definition) is 2. The molecular formula is C20H20Cl2N2O2. The van der Waals surface area contributed by atoms with Crippen LogP contribution < -0.4 is 9.80 Å². The van der Waals surface area contributed by atoms with Crippen LogP contribution in [0.3, 0.4) is 0 Å². The van der Waals surface area contributed by atoms with Gasteiger partial charge in [0, 0.05) is 37.1 Å². The Kier molecular flexibility index (Phi) is 5.84. The maximum atomic E-state index is 12.8. The summed E-state index contributed by atoms with van der Waals surface area (Å²) in [6.45, 7) is 2.44. The maximum Gasteiger partial charge on any atom is 0.228 e. The highest BCUT2D eigenvalue weighted by atomic mass is 35.5. The van der Waals surface area contributed by atoms with Gasteiger partial charge in [0.2, 0.25) is 11.8 Å². The second-order valence-corrected chi connectivity index (χ2v) is 7.14. The van der Waals surface area contributed by atoms with Crippen molar-refractivity contribution in [1.82, 2.24) is 0 Å². The number of halogens is 2. The maximum absolute atomic E-state index is 12.8. The van der Waals surface area contributed by atoms with Crippen molar-refractivity contribution in [1.29, 1.82) is 0 Å². The monoisotopic (exact) mass is 390 g/mol. The average molecular weight is 391 g/mol. The van der Waals surface area contributed by atoms with Crippen LogP contribution in [0.4, 0.5) is 11.4 Å². The van der Waals surface area contributed by atoms with E-state index in [1.54, 1.807) is 18.2 Å². The molecule has 0 N–H and O–H groups in total. The molecule has 0 aliphatic carbocycles. The highest BCUT2D eigenvalue weighted by Gasteiger charge is 2.23. The van der Waals surface area contributed by atoms with Crippen LogP contribution in [0, 0.1) is 0 Å². The number of carbonyl (C=O) groups is 2. The molecule has 1 aliphatic rings. The summed E-state index contributed by atoms with van der Waals surface area (Å²) in [5, 5.41) is 0.895. The minimum atomic E-state index is -0.166. The molecule has 136 valence electrons. The zero-order valence-electron chi connectivity index (χ0n) is 14.5. The number of fused-ring (bicyclic) bond motifs is 1. The third-order valence-corrected chi connectivity index (χ3v) is 5.08. The summed E-state index contributed by atoms with van der Waals surface area (Å²) in [4.78, 5) is 28.2. The van der Waals surface area contributed by atoms with Gasteiger partial charge in [-0.1, -0.05) is 41.4 Å². The van der Waals surface area contributed by atoms with Gasteiger partial charge in [-0.2, -0.15) is 0 Å². The molecule has 0 unspecified atom stereocenters. The van der Waals surface area contributed by atoms with Gasteiger partial charge in [0.1, 0.15) is 0 Å². The van der Waals surface area contributed by atoms with E-state index in [0.29, 0.717) is 22.3 Å². The number of para-hydroxylation sites is 1. The second-order valence-electron chi connectivity index (χ2n) is 6.29. The van der Waals surface area contributed by atoms with Crippen LogP contribution in [-0.2, 0) is 16.0 Å². The molecule has 0 bridgehead atoms. The predicted molar refractivity (Wildman–Crippen MR) is 106 cm³/mol. The summed E-state index contributed by atoms with van der Waals surface area (Å²) >= 11 is 12.2. The number of nitrogens with zero attached hydrogens (tertiary/aromatic N) is 2. The van der Waals surface area contributed by atoms with Gasteiger partial charge in [-0.3, -0.25) is 9.59 Å². The largest absolute Gasteiger partial charge is 0.312 e. The first-order valence-corrected chi connectivity index (χ1v) is 9.34. The van der Waals surface area contributed by atoms with E-state index in [0.717, 1.165) is 18.5 Å². The van der Waals surface area contributed by atoms with Gasteiger partial charge >= 0.3 is 0 Å². The van der Waals surface area contributed by atoms with Crippen LogP contribution in [0.5, 0.6) is 0 Å². The van der Waals surface area contributed by atoms with Gasteiger partial charge in [-0.05, 0) is 42.7 Å². The van der Waals surface area contributed by atoms with Crippen molar-refractivity contribution in [2.45, 2.75) is 26.2 Å². The zero-order chi connectivity index (χ0) is 18.7. The van der Waals surface area contributed by atoms with E-state index < -0.39 is 0 Å². The molecule has 0 saturated carbocycles. The molecule has 4 nitrogen and oxygen atoms in total. The van der Waals surface area contributed by atoms with E-state index in [9.17, 15) is 9.59 Å². The number of amides is 2. The molecule has 2 aromatic carbocycles. The molecule has 2 aromatic rings. The molecule has 0 aromatic heterocycles. The molecule has 0 fully saturated rings. The minimum absolute atomic E-state index is 0.00786. The van der Waals surface area contributed by atoms with Gasteiger partial charge in [-0.15, -0.1) is 0 Å². The summed E-state index contributed by atoms with van der Waals surface area (Å²) in [7, 11) is 0. The minimum Gasteiger partial charge on any atom is -0.312 e. The molecule has 26 heavy (non-hydrogen) atoms. The Morgan fingerprint density at radius 2 is 1.92 bits per heavy atom. The Morgan fingerprint density at radius 3 is 2.65 bits per heavy atom. The third-order valence-electron chi connectivity index (χ3n) is 4.54. The van der Waals surface area contributed by atoms with Gasteiger partial charge < -0.3 is 9.80 Å². The number of benzene rings is 2. The van der Waals surface area contributed by atoms with Crippen LogP contribution in [0.2, 0.25) is 10.0 Å². The molecule has 1 heterocycles. The van der Waals surface area contributed by atoms with Crippen LogP contribution in [0.15, 0.2) is 42.5 Å². The third kappa shape index (κ3) is 4.02. The van der Waals surface area contributed by atoms with Crippen LogP contribution >= 0.6 is 23.2 Å². The van der Waals surface area contributed by atoms with Gasteiger partial charge in [0.05, 0.1) is 10.7 Å². The number of anilines is 2. The van der Waals surface area contributed by atoms with Crippen molar-refractivity contribution < 1.29 is 9.59 Å². The molecule has 0 saturated heterocycles. The lowest BCUT2D eigenvalue weighted by Gasteiger charge is -2.30. The zero-order valence-corrected chi connectivity index (χ0v) is 16.1. The first-order chi connectivity index (χ1) is 12.5.